The van der Waals surface area contributed by atoms with Crippen molar-refractivity contribution in [2.45, 2.75) is 70.6 Å². The molecule has 0 radical (unpaired) electrons. The number of hydrogen-bond acceptors (Lipinski definition) is 5. The fraction of sp³-hybridized carbons (Fsp3) is 0.516. The van der Waals surface area contributed by atoms with Crippen molar-refractivity contribution in [2.24, 2.45) is 0 Å². The Kier molecular flexibility index (Phi) is 11.3. The van der Waals surface area contributed by atoms with Gasteiger partial charge in [0, 0.05) is 26.2 Å². The number of aryl methyl sites for hydroxylation is 1. The van der Waals surface area contributed by atoms with Crippen molar-refractivity contribution in [3.63, 3.8) is 0 Å². The summed E-state index contributed by atoms with van der Waals surface area (Å²) >= 11 is 0. The highest BCUT2D eigenvalue weighted by Crippen LogP contribution is 2.19. The predicted octanol–water partition coefficient (Wildman–Crippen LogP) is 3.79. The average molecular weight is 537 g/mol. The highest BCUT2D eigenvalue weighted by atomic mass is 16.6. The predicted molar refractivity (Wildman–Crippen MR) is 153 cm³/mol. The van der Waals surface area contributed by atoms with Crippen LogP contribution in [0.1, 0.15) is 51.2 Å². The average Bonchev–Trinajstić information content (AvgIpc) is 3.37. The van der Waals surface area contributed by atoms with E-state index in [4.69, 9.17) is 4.74 Å². The second-order valence-electron chi connectivity index (χ2n) is 11.2. The second kappa shape index (κ2) is 14.7. The Labute approximate surface area is 233 Å². The SMILES string of the molecule is CN(CC(=O)N[C@@H](CCc1ccccc1)C(=O)N1CCCC1CNCCc1ccccc1)C(=O)OC(C)(C)C. The fourth-order valence-corrected chi connectivity index (χ4v) is 4.76. The molecule has 212 valence electrons. The first kappa shape index (κ1) is 30.2. The van der Waals surface area contributed by atoms with Crippen molar-refractivity contribution in [1.29, 1.82) is 0 Å². The molecule has 0 aliphatic carbocycles. The summed E-state index contributed by atoms with van der Waals surface area (Å²) in [5, 5.41) is 6.44. The highest BCUT2D eigenvalue weighted by Gasteiger charge is 2.34. The smallest absolute Gasteiger partial charge is 0.410 e. The van der Waals surface area contributed by atoms with Crippen molar-refractivity contribution < 1.29 is 19.1 Å². The maximum absolute atomic E-state index is 13.8. The number of benzene rings is 2. The summed E-state index contributed by atoms with van der Waals surface area (Å²) in [7, 11) is 1.52. The number of nitrogens with zero attached hydrogens (tertiary/aromatic N) is 2. The van der Waals surface area contributed by atoms with Gasteiger partial charge in [0.2, 0.25) is 11.8 Å². The summed E-state index contributed by atoms with van der Waals surface area (Å²) in [5.74, 6) is -0.446. The van der Waals surface area contributed by atoms with E-state index in [0.717, 1.165) is 37.9 Å². The van der Waals surface area contributed by atoms with Gasteiger partial charge in [0.1, 0.15) is 18.2 Å². The molecule has 1 saturated heterocycles. The summed E-state index contributed by atoms with van der Waals surface area (Å²) in [6.07, 6.45) is 3.37. The topological polar surface area (TPSA) is 91.0 Å². The number of ether oxygens (including phenoxy) is 1. The van der Waals surface area contributed by atoms with E-state index >= 15 is 0 Å². The first-order valence-electron chi connectivity index (χ1n) is 13.9. The lowest BCUT2D eigenvalue weighted by atomic mass is 10.0. The van der Waals surface area contributed by atoms with Gasteiger partial charge in [0.15, 0.2) is 0 Å². The summed E-state index contributed by atoms with van der Waals surface area (Å²) in [4.78, 5) is 42.2. The fourth-order valence-electron chi connectivity index (χ4n) is 4.76. The number of likely N-dealkylation sites (N-methyl/N-ethyl adjacent to an activating group) is 1. The maximum atomic E-state index is 13.8. The maximum Gasteiger partial charge on any atom is 0.410 e. The Morgan fingerprint density at radius 1 is 1.00 bits per heavy atom. The Bertz CT molecular complexity index is 1060. The minimum absolute atomic E-state index is 0.0634. The van der Waals surface area contributed by atoms with Gasteiger partial charge in [-0.05, 0) is 70.5 Å². The first-order valence-corrected chi connectivity index (χ1v) is 13.9. The molecule has 3 rings (SSSR count). The molecule has 2 aromatic carbocycles. The molecule has 8 nitrogen and oxygen atoms in total. The van der Waals surface area contributed by atoms with Crippen LogP contribution >= 0.6 is 0 Å². The molecule has 8 heteroatoms. The molecule has 1 fully saturated rings. The van der Waals surface area contributed by atoms with Gasteiger partial charge in [-0.15, -0.1) is 0 Å². The van der Waals surface area contributed by atoms with Crippen LogP contribution in [0.4, 0.5) is 4.79 Å². The number of likely N-dealkylation sites (tertiary alicyclic amines) is 1. The Hall–Kier alpha value is -3.39. The molecule has 0 spiro atoms. The van der Waals surface area contributed by atoms with Crippen LogP contribution in [0.5, 0.6) is 0 Å². The van der Waals surface area contributed by atoms with Gasteiger partial charge in [-0.1, -0.05) is 60.7 Å². The minimum atomic E-state index is -0.672. The van der Waals surface area contributed by atoms with Crippen molar-refractivity contribution >= 4 is 17.9 Å². The molecular formula is C31H44N4O4. The van der Waals surface area contributed by atoms with Gasteiger partial charge < -0.3 is 25.2 Å². The summed E-state index contributed by atoms with van der Waals surface area (Å²) in [5.41, 5.74) is 1.73. The van der Waals surface area contributed by atoms with Crippen LogP contribution < -0.4 is 10.6 Å². The molecule has 3 amide bonds. The molecule has 39 heavy (non-hydrogen) atoms. The van der Waals surface area contributed by atoms with Gasteiger partial charge in [0.05, 0.1) is 0 Å². The summed E-state index contributed by atoms with van der Waals surface area (Å²) < 4.78 is 5.35. The zero-order chi connectivity index (χ0) is 28.3. The molecule has 0 aromatic heterocycles. The number of carbonyl (C=O) groups is 3. The van der Waals surface area contributed by atoms with Crippen molar-refractivity contribution in [3.8, 4) is 0 Å². The van der Waals surface area contributed by atoms with Crippen molar-refractivity contribution in [1.82, 2.24) is 20.4 Å². The molecule has 2 N–H and O–H groups in total. The van der Waals surface area contributed by atoms with E-state index in [0.29, 0.717) is 19.4 Å². The molecule has 0 saturated carbocycles. The Morgan fingerprint density at radius 2 is 1.62 bits per heavy atom. The van der Waals surface area contributed by atoms with E-state index < -0.39 is 17.7 Å². The second-order valence-corrected chi connectivity index (χ2v) is 11.2. The quantitative estimate of drug-likeness (QED) is 0.403. The van der Waals surface area contributed by atoms with Crippen molar-refractivity contribution in [3.05, 3.63) is 71.8 Å². The molecular weight excluding hydrogens is 492 g/mol. The largest absolute Gasteiger partial charge is 0.444 e. The van der Waals surface area contributed by atoms with Crippen LogP contribution in [-0.2, 0) is 27.2 Å². The first-order chi connectivity index (χ1) is 18.6. The molecule has 1 aliphatic heterocycles. The third kappa shape index (κ3) is 10.4. The van der Waals surface area contributed by atoms with E-state index in [-0.39, 0.29) is 24.4 Å². The van der Waals surface area contributed by atoms with Gasteiger partial charge in [-0.3, -0.25) is 9.59 Å². The number of amides is 3. The molecule has 1 heterocycles. The monoisotopic (exact) mass is 536 g/mol. The molecule has 0 bridgehead atoms. The van der Waals surface area contributed by atoms with E-state index in [1.54, 1.807) is 20.8 Å². The van der Waals surface area contributed by atoms with E-state index in [1.807, 2.05) is 53.4 Å². The van der Waals surface area contributed by atoms with E-state index in [2.05, 4.69) is 22.8 Å². The lowest BCUT2D eigenvalue weighted by Crippen LogP contribution is -2.53. The van der Waals surface area contributed by atoms with E-state index in [1.165, 1.54) is 17.5 Å². The molecule has 1 unspecified atom stereocenters. The van der Waals surface area contributed by atoms with Gasteiger partial charge in [0.25, 0.3) is 0 Å². The number of rotatable bonds is 12. The van der Waals surface area contributed by atoms with Crippen LogP contribution in [0.25, 0.3) is 0 Å². The zero-order valence-corrected chi connectivity index (χ0v) is 23.8. The summed E-state index contributed by atoms with van der Waals surface area (Å²) in [6, 6.07) is 19.7. The zero-order valence-electron chi connectivity index (χ0n) is 23.8. The number of carbonyl (C=O) groups excluding carboxylic acids is 3. The Balaban J connectivity index is 1.60. The standard InChI is InChI=1S/C31H44N4O4/c1-31(2,3)39-30(38)34(4)23-28(36)33-27(18-17-24-12-7-5-8-13-24)29(37)35-21-11-16-26(35)22-32-20-19-25-14-9-6-10-15-25/h5-10,12-15,26-27,32H,11,16-23H2,1-4H3,(H,33,36)/t26?,27-/m0/s1. The lowest BCUT2D eigenvalue weighted by Gasteiger charge is -2.30. The number of hydrogen-bond donors (Lipinski definition) is 2. The van der Waals surface area contributed by atoms with Crippen LogP contribution in [0.3, 0.4) is 0 Å². The van der Waals surface area contributed by atoms with Crippen LogP contribution in [-0.4, -0.2) is 78.6 Å². The molecule has 1 aliphatic rings. The van der Waals surface area contributed by atoms with Gasteiger partial charge in [-0.25, -0.2) is 4.79 Å². The van der Waals surface area contributed by atoms with Gasteiger partial charge >= 0.3 is 6.09 Å². The third-order valence-corrected chi connectivity index (χ3v) is 6.76. The lowest BCUT2D eigenvalue weighted by molar-refractivity contribution is -0.137. The van der Waals surface area contributed by atoms with Crippen molar-refractivity contribution in [2.75, 3.05) is 33.2 Å². The molecule has 2 atom stereocenters. The van der Waals surface area contributed by atoms with Crippen LogP contribution in [0.2, 0.25) is 0 Å². The minimum Gasteiger partial charge on any atom is -0.444 e. The van der Waals surface area contributed by atoms with Crippen LogP contribution in [0.15, 0.2) is 60.7 Å². The Morgan fingerprint density at radius 3 is 2.23 bits per heavy atom. The van der Waals surface area contributed by atoms with E-state index in [9.17, 15) is 14.4 Å². The van der Waals surface area contributed by atoms with Crippen LogP contribution in [0, 0.1) is 0 Å². The number of nitrogens with one attached hydrogen (secondary N) is 2. The normalized spacial score (nSPS) is 16.0. The summed E-state index contributed by atoms with van der Waals surface area (Å²) in [6.45, 7) is 7.39. The molecule has 2 aromatic rings. The van der Waals surface area contributed by atoms with Gasteiger partial charge in [-0.2, -0.15) is 0 Å². The highest BCUT2D eigenvalue weighted by molar-refractivity contribution is 5.89. The third-order valence-electron chi connectivity index (χ3n) is 6.76.